The summed E-state index contributed by atoms with van der Waals surface area (Å²) in [5.74, 6) is 0. The summed E-state index contributed by atoms with van der Waals surface area (Å²) in [5, 5.41) is 3.37. The van der Waals surface area contributed by atoms with Gasteiger partial charge < -0.3 is 14.8 Å². The Morgan fingerprint density at radius 3 is 2.38 bits per heavy atom. The first-order chi connectivity index (χ1) is 6.02. The maximum Gasteiger partial charge on any atom is 0.0634 e. The fourth-order valence-electron chi connectivity index (χ4n) is 1.03. The zero-order valence-corrected chi connectivity index (χ0v) is 9.52. The highest BCUT2D eigenvalue weighted by Gasteiger charge is 2.15. The summed E-state index contributed by atoms with van der Waals surface area (Å²) in [6.45, 7) is 8.02. The second-order valence-corrected chi connectivity index (χ2v) is 4.02. The first-order valence-electron chi connectivity index (χ1n) is 4.79. The summed E-state index contributed by atoms with van der Waals surface area (Å²) in [6, 6.07) is 0.414. The summed E-state index contributed by atoms with van der Waals surface area (Å²) in [4.78, 5) is 0. The van der Waals surface area contributed by atoms with E-state index in [2.05, 4.69) is 26.1 Å². The maximum absolute atomic E-state index is 5.31. The predicted octanol–water partition coefficient (Wildman–Crippen LogP) is 1.43. The van der Waals surface area contributed by atoms with Gasteiger partial charge in [-0.1, -0.05) is 0 Å². The first kappa shape index (κ1) is 12.9. The molecule has 1 atom stereocenters. The van der Waals surface area contributed by atoms with Gasteiger partial charge in [0, 0.05) is 20.3 Å². The Hall–Kier alpha value is -0.120. The van der Waals surface area contributed by atoms with E-state index in [1.165, 1.54) is 0 Å². The van der Waals surface area contributed by atoms with Gasteiger partial charge >= 0.3 is 0 Å². The lowest BCUT2D eigenvalue weighted by Gasteiger charge is -2.24. The van der Waals surface area contributed by atoms with Crippen molar-refractivity contribution >= 4 is 0 Å². The summed E-state index contributed by atoms with van der Waals surface area (Å²) in [5.41, 5.74) is -0.0280. The molecule has 0 aliphatic heterocycles. The molecule has 0 aromatic heterocycles. The Balaban J connectivity index is 3.44. The van der Waals surface area contributed by atoms with Gasteiger partial charge in [-0.2, -0.15) is 0 Å². The number of rotatable bonds is 7. The molecule has 0 saturated carbocycles. The molecule has 0 amide bonds. The Morgan fingerprint density at radius 2 is 1.92 bits per heavy atom. The van der Waals surface area contributed by atoms with Crippen LogP contribution in [-0.2, 0) is 9.47 Å². The molecule has 3 nitrogen and oxygen atoms in total. The summed E-state index contributed by atoms with van der Waals surface area (Å²) >= 11 is 0. The van der Waals surface area contributed by atoms with Crippen LogP contribution in [0.4, 0.5) is 0 Å². The van der Waals surface area contributed by atoms with Crippen LogP contribution in [0.25, 0.3) is 0 Å². The molecule has 3 heteroatoms. The SMILES string of the molecule is COCC(C)NCCC(C)(C)OC. The number of nitrogens with one attached hydrogen (secondary N) is 1. The van der Waals surface area contributed by atoms with E-state index in [1.54, 1.807) is 14.2 Å². The van der Waals surface area contributed by atoms with Crippen LogP contribution >= 0.6 is 0 Å². The van der Waals surface area contributed by atoms with Crippen molar-refractivity contribution in [3.8, 4) is 0 Å². The molecule has 1 unspecified atom stereocenters. The molecule has 0 radical (unpaired) electrons. The molecule has 0 aromatic carbocycles. The maximum atomic E-state index is 5.31. The molecule has 13 heavy (non-hydrogen) atoms. The van der Waals surface area contributed by atoms with Crippen LogP contribution in [-0.4, -0.2) is 39.0 Å². The fraction of sp³-hybridized carbons (Fsp3) is 1.00. The van der Waals surface area contributed by atoms with Gasteiger partial charge in [-0.25, -0.2) is 0 Å². The fourth-order valence-corrected chi connectivity index (χ4v) is 1.03. The van der Waals surface area contributed by atoms with Crippen molar-refractivity contribution in [1.29, 1.82) is 0 Å². The quantitative estimate of drug-likeness (QED) is 0.657. The summed E-state index contributed by atoms with van der Waals surface area (Å²) in [6.07, 6.45) is 1.01. The highest BCUT2D eigenvalue weighted by molar-refractivity contribution is 4.70. The Morgan fingerprint density at radius 1 is 1.31 bits per heavy atom. The third-order valence-electron chi connectivity index (χ3n) is 2.19. The van der Waals surface area contributed by atoms with Gasteiger partial charge in [0.1, 0.15) is 0 Å². The zero-order valence-electron chi connectivity index (χ0n) is 9.52. The van der Waals surface area contributed by atoms with Crippen molar-refractivity contribution in [3.05, 3.63) is 0 Å². The van der Waals surface area contributed by atoms with Crippen molar-refractivity contribution in [2.75, 3.05) is 27.4 Å². The second-order valence-electron chi connectivity index (χ2n) is 4.02. The average Bonchev–Trinajstić information content (AvgIpc) is 2.05. The van der Waals surface area contributed by atoms with Crippen LogP contribution in [0.5, 0.6) is 0 Å². The molecular formula is C10H23NO2. The van der Waals surface area contributed by atoms with Gasteiger partial charge in [0.05, 0.1) is 12.2 Å². The molecule has 0 saturated heterocycles. The lowest BCUT2D eigenvalue weighted by atomic mass is 10.1. The van der Waals surface area contributed by atoms with E-state index in [9.17, 15) is 0 Å². The molecule has 1 N–H and O–H groups in total. The molecule has 0 heterocycles. The van der Waals surface area contributed by atoms with Crippen molar-refractivity contribution in [2.24, 2.45) is 0 Å². The summed E-state index contributed by atoms with van der Waals surface area (Å²) in [7, 11) is 3.47. The summed E-state index contributed by atoms with van der Waals surface area (Å²) < 4.78 is 10.3. The van der Waals surface area contributed by atoms with Crippen LogP contribution in [0.1, 0.15) is 27.2 Å². The monoisotopic (exact) mass is 189 g/mol. The topological polar surface area (TPSA) is 30.5 Å². The highest BCUT2D eigenvalue weighted by Crippen LogP contribution is 2.11. The first-order valence-corrected chi connectivity index (χ1v) is 4.79. The number of hydrogen-bond acceptors (Lipinski definition) is 3. The molecule has 0 bridgehead atoms. The van der Waals surface area contributed by atoms with Crippen LogP contribution < -0.4 is 5.32 Å². The minimum atomic E-state index is -0.0280. The predicted molar refractivity (Wildman–Crippen MR) is 55.0 cm³/mol. The molecule has 80 valence electrons. The number of methoxy groups -OCH3 is 2. The molecule has 0 aliphatic rings. The zero-order chi connectivity index (χ0) is 10.3. The average molecular weight is 189 g/mol. The van der Waals surface area contributed by atoms with E-state index >= 15 is 0 Å². The van der Waals surface area contributed by atoms with Gasteiger partial charge in [-0.15, -0.1) is 0 Å². The number of ether oxygens (including phenoxy) is 2. The standard InChI is InChI=1S/C10H23NO2/c1-9(8-12-4)11-7-6-10(2,3)13-5/h9,11H,6-8H2,1-5H3. The third kappa shape index (κ3) is 6.99. The molecule has 0 rings (SSSR count). The number of hydrogen-bond donors (Lipinski definition) is 1. The van der Waals surface area contributed by atoms with E-state index in [0.717, 1.165) is 19.6 Å². The van der Waals surface area contributed by atoms with Crippen molar-refractivity contribution in [1.82, 2.24) is 5.32 Å². The molecule has 0 fully saturated rings. The van der Waals surface area contributed by atoms with E-state index in [4.69, 9.17) is 9.47 Å². The van der Waals surface area contributed by atoms with Crippen molar-refractivity contribution in [2.45, 2.75) is 38.8 Å². The van der Waals surface area contributed by atoms with E-state index in [-0.39, 0.29) is 5.60 Å². The van der Waals surface area contributed by atoms with Crippen LogP contribution in [0.2, 0.25) is 0 Å². The van der Waals surface area contributed by atoms with Gasteiger partial charge in [0.2, 0.25) is 0 Å². The van der Waals surface area contributed by atoms with E-state index in [0.29, 0.717) is 6.04 Å². The van der Waals surface area contributed by atoms with E-state index < -0.39 is 0 Å². The smallest absolute Gasteiger partial charge is 0.0634 e. The van der Waals surface area contributed by atoms with Gasteiger partial charge in [-0.05, 0) is 33.7 Å². The Labute approximate surface area is 81.8 Å². The minimum absolute atomic E-state index is 0.0280. The van der Waals surface area contributed by atoms with Gasteiger partial charge in [0.15, 0.2) is 0 Å². The molecule has 0 aromatic rings. The van der Waals surface area contributed by atoms with Crippen LogP contribution in [0, 0.1) is 0 Å². The Kier molecular flexibility index (Phi) is 6.29. The lowest BCUT2D eigenvalue weighted by Crippen LogP contribution is -2.35. The molecule has 0 aliphatic carbocycles. The second kappa shape index (κ2) is 6.35. The van der Waals surface area contributed by atoms with Crippen LogP contribution in [0.3, 0.4) is 0 Å². The highest BCUT2D eigenvalue weighted by atomic mass is 16.5. The van der Waals surface area contributed by atoms with Gasteiger partial charge in [-0.3, -0.25) is 0 Å². The van der Waals surface area contributed by atoms with Crippen molar-refractivity contribution < 1.29 is 9.47 Å². The Bertz CT molecular complexity index is 126. The normalized spacial score (nSPS) is 14.5. The minimum Gasteiger partial charge on any atom is -0.383 e. The molecular weight excluding hydrogens is 166 g/mol. The van der Waals surface area contributed by atoms with Crippen LogP contribution in [0.15, 0.2) is 0 Å². The van der Waals surface area contributed by atoms with Gasteiger partial charge in [0.25, 0.3) is 0 Å². The van der Waals surface area contributed by atoms with E-state index in [1.807, 2.05) is 0 Å². The van der Waals surface area contributed by atoms with Crippen molar-refractivity contribution in [3.63, 3.8) is 0 Å². The molecule has 0 spiro atoms. The third-order valence-corrected chi connectivity index (χ3v) is 2.19. The largest absolute Gasteiger partial charge is 0.383 e. The lowest BCUT2D eigenvalue weighted by molar-refractivity contribution is 0.0148.